The van der Waals surface area contributed by atoms with Crippen LogP contribution < -0.4 is 4.90 Å². The summed E-state index contributed by atoms with van der Waals surface area (Å²) >= 11 is 6.24. The minimum atomic E-state index is 0.714. The zero-order valence-corrected chi connectivity index (χ0v) is 13.7. The second-order valence-electron chi connectivity index (χ2n) is 5.93. The molecule has 0 unspecified atom stereocenters. The van der Waals surface area contributed by atoms with Crippen LogP contribution in [0.4, 0.5) is 5.82 Å². The van der Waals surface area contributed by atoms with Gasteiger partial charge in [0.2, 0.25) is 0 Å². The Kier molecular flexibility index (Phi) is 3.67. The average Bonchev–Trinajstić information content (AvgIpc) is 3.01. The molecular weight excluding hydrogens is 310 g/mol. The van der Waals surface area contributed by atoms with Gasteiger partial charge < -0.3 is 14.8 Å². The minimum absolute atomic E-state index is 0.714. The van der Waals surface area contributed by atoms with Gasteiger partial charge in [0.05, 0.1) is 5.02 Å². The molecule has 3 aromatic rings. The van der Waals surface area contributed by atoms with Gasteiger partial charge in [-0.3, -0.25) is 0 Å². The first-order valence-corrected chi connectivity index (χ1v) is 8.12. The Balaban J connectivity index is 1.68. The molecule has 0 atom stereocenters. The van der Waals surface area contributed by atoms with Crippen LogP contribution in [-0.4, -0.2) is 53.1 Å². The van der Waals surface area contributed by atoms with Crippen molar-refractivity contribution in [3.8, 4) is 11.3 Å². The van der Waals surface area contributed by atoms with Crippen molar-refractivity contribution >= 4 is 28.5 Å². The molecule has 4 rings (SSSR count). The van der Waals surface area contributed by atoms with Crippen molar-refractivity contribution in [2.75, 3.05) is 38.1 Å². The van der Waals surface area contributed by atoms with Crippen molar-refractivity contribution in [2.24, 2.45) is 0 Å². The van der Waals surface area contributed by atoms with Gasteiger partial charge in [0.25, 0.3) is 0 Å². The van der Waals surface area contributed by atoms with E-state index in [0.717, 1.165) is 54.3 Å². The van der Waals surface area contributed by atoms with E-state index in [1.54, 1.807) is 6.20 Å². The molecular formula is C17H18ClN5. The molecule has 0 aliphatic carbocycles. The number of rotatable bonds is 2. The Hall–Kier alpha value is -2.11. The maximum absolute atomic E-state index is 6.24. The summed E-state index contributed by atoms with van der Waals surface area (Å²) in [5.74, 6) is 1.02. The van der Waals surface area contributed by atoms with E-state index in [1.807, 2.05) is 24.4 Å². The number of fused-ring (bicyclic) bond motifs is 1. The largest absolute Gasteiger partial charge is 0.354 e. The standard InChI is InChI=1S/C17H18ClN5/c1-22-6-8-23(9-7-22)16-10-12(2-4-19-16)15-11-13-14(18)3-5-20-17(13)21-15/h2-5,10-11H,6-9H2,1H3,(H,20,21). The third kappa shape index (κ3) is 2.78. The van der Waals surface area contributed by atoms with Crippen LogP contribution in [0.25, 0.3) is 22.3 Å². The molecule has 3 aromatic heterocycles. The molecule has 1 fully saturated rings. The summed E-state index contributed by atoms with van der Waals surface area (Å²) in [5.41, 5.74) is 2.92. The molecule has 1 aliphatic heterocycles. The predicted molar refractivity (Wildman–Crippen MR) is 94.0 cm³/mol. The Bertz CT molecular complexity index is 836. The quantitative estimate of drug-likeness (QED) is 0.786. The number of hydrogen-bond donors (Lipinski definition) is 1. The van der Waals surface area contributed by atoms with Gasteiger partial charge in [-0.1, -0.05) is 11.6 Å². The summed E-state index contributed by atoms with van der Waals surface area (Å²) in [6.07, 6.45) is 3.58. The first-order chi connectivity index (χ1) is 11.2. The van der Waals surface area contributed by atoms with Crippen molar-refractivity contribution in [2.45, 2.75) is 0 Å². The topological polar surface area (TPSA) is 48.0 Å². The Morgan fingerprint density at radius 1 is 1.04 bits per heavy atom. The molecule has 0 bridgehead atoms. The number of hydrogen-bond acceptors (Lipinski definition) is 4. The van der Waals surface area contributed by atoms with E-state index in [-0.39, 0.29) is 0 Å². The monoisotopic (exact) mass is 327 g/mol. The van der Waals surface area contributed by atoms with E-state index < -0.39 is 0 Å². The number of H-pyrrole nitrogens is 1. The molecule has 1 saturated heterocycles. The van der Waals surface area contributed by atoms with Crippen molar-refractivity contribution in [3.05, 3.63) is 41.7 Å². The van der Waals surface area contributed by atoms with E-state index in [4.69, 9.17) is 11.6 Å². The highest BCUT2D eigenvalue weighted by Crippen LogP contribution is 2.29. The highest BCUT2D eigenvalue weighted by Gasteiger charge is 2.16. The minimum Gasteiger partial charge on any atom is -0.354 e. The fourth-order valence-corrected chi connectivity index (χ4v) is 3.14. The van der Waals surface area contributed by atoms with E-state index >= 15 is 0 Å². The van der Waals surface area contributed by atoms with Crippen LogP contribution in [0.15, 0.2) is 36.7 Å². The smallest absolute Gasteiger partial charge is 0.139 e. The van der Waals surface area contributed by atoms with E-state index in [9.17, 15) is 0 Å². The lowest BCUT2D eigenvalue weighted by Crippen LogP contribution is -2.44. The van der Waals surface area contributed by atoms with Gasteiger partial charge in [0.15, 0.2) is 0 Å². The molecule has 0 aromatic carbocycles. The molecule has 4 heterocycles. The van der Waals surface area contributed by atoms with Crippen LogP contribution in [0.2, 0.25) is 5.02 Å². The van der Waals surface area contributed by atoms with Gasteiger partial charge in [0.1, 0.15) is 11.5 Å². The number of likely N-dealkylation sites (N-methyl/N-ethyl adjacent to an activating group) is 1. The number of halogens is 1. The number of nitrogens with zero attached hydrogens (tertiary/aromatic N) is 4. The average molecular weight is 328 g/mol. The lowest BCUT2D eigenvalue weighted by atomic mass is 10.2. The normalized spacial score (nSPS) is 16.2. The molecule has 23 heavy (non-hydrogen) atoms. The van der Waals surface area contributed by atoms with Crippen LogP contribution in [0.5, 0.6) is 0 Å². The molecule has 0 amide bonds. The number of pyridine rings is 2. The Morgan fingerprint density at radius 3 is 2.61 bits per heavy atom. The van der Waals surface area contributed by atoms with Gasteiger partial charge in [0, 0.05) is 55.2 Å². The Morgan fingerprint density at radius 2 is 1.83 bits per heavy atom. The summed E-state index contributed by atoms with van der Waals surface area (Å²) in [6.45, 7) is 4.15. The van der Waals surface area contributed by atoms with Crippen molar-refractivity contribution < 1.29 is 0 Å². The van der Waals surface area contributed by atoms with Crippen LogP contribution >= 0.6 is 11.6 Å². The first-order valence-electron chi connectivity index (χ1n) is 7.74. The van der Waals surface area contributed by atoms with Crippen LogP contribution in [0, 0.1) is 0 Å². The molecule has 1 N–H and O–H groups in total. The van der Waals surface area contributed by atoms with E-state index in [2.05, 4.69) is 37.9 Å². The predicted octanol–water partition coefficient (Wildman–Crippen LogP) is 3.03. The first kappa shape index (κ1) is 14.5. The van der Waals surface area contributed by atoms with Crippen LogP contribution in [-0.2, 0) is 0 Å². The second kappa shape index (κ2) is 5.83. The third-order valence-corrected chi connectivity index (χ3v) is 4.69. The Labute approximate surface area is 139 Å². The number of anilines is 1. The van der Waals surface area contributed by atoms with Crippen molar-refractivity contribution in [1.82, 2.24) is 19.9 Å². The van der Waals surface area contributed by atoms with Gasteiger partial charge >= 0.3 is 0 Å². The molecule has 0 spiro atoms. The van der Waals surface area contributed by atoms with E-state index in [0.29, 0.717) is 5.02 Å². The summed E-state index contributed by atoms with van der Waals surface area (Å²) in [5, 5.41) is 1.66. The lowest BCUT2D eigenvalue weighted by Gasteiger charge is -2.33. The van der Waals surface area contributed by atoms with Gasteiger partial charge in [-0.25, -0.2) is 9.97 Å². The van der Waals surface area contributed by atoms with Crippen molar-refractivity contribution in [1.29, 1.82) is 0 Å². The number of nitrogens with one attached hydrogen (secondary N) is 1. The van der Waals surface area contributed by atoms with Crippen LogP contribution in [0.3, 0.4) is 0 Å². The van der Waals surface area contributed by atoms with Crippen LogP contribution in [0.1, 0.15) is 0 Å². The maximum atomic E-state index is 6.24. The SMILES string of the molecule is CN1CCN(c2cc(-c3cc4c(Cl)ccnc4[nH]3)ccn2)CC1. The van der Waals surface area contributed by atoms with E-state index in [1.165, 1.54) is 0 Å². The molecule has 1 aliphatic rings. The molecule has 6 heteroatoms. The molecule has 118 valence electrons. The maximum Gasteiger partial charge on any atom is 0.139 e. The fraction of sp³-hybridized carbons (Fsp3) is 0.294. The van der Waals surface area contributed by atoms with Gasteiger partial charge in [-0.15, -0.1) is 0 Å². The lowest BCUT2D eigenvalue weighted by molar-refractivity contribution is 0.312. The van der Waals surface area contributed by atoms with Crippen molar-refractivity contribution in [3.63, 3.8) is 0 Å². The summed E-state index contributed by atoms with van der Waals surface area (Å²) in [7, 11) is 2.16. The highest BCUT2D eigenvalue weighted by atomic mass is 35.5. The molecule has 5 nitrogen and oxygen atoms in total. The van der Waals surface area contributed by atoms with Gasteiger partial charge in [-0.2, -0.15) is 0 Å². The van der Waals surface area contributed by atoms with Gasteiger partial charge in [-0.05, 0) is 31.3 Å². The highest BCUT2D eigenvalue weighted by molar-refractivity contribution is 6.35. The number of aromatic nitrogens is 3. The number of piperazine rings is 1. The second-order valence-corrected chi connectivity index (χ2v) is 6.34. The summed E-state index contributed by atoms with van der Waals surface area (Å²) < 4.78 is 0. The molecule has 0 radical (unpaired) electrons. The fourth-order valence-electron chi connectivity index (χ4n) is 2.94. The summed E-state index contributed by atoms with van der Waals surface area (Å²) in [6, 6.07) is 8.00. The summed E-state index contributed by atoms with van der Waals surface area (Å²) in [4.78, 5) is 16.9. The zero-order chi connectivity index (χ0) is 15.8. The molecule has 0 saturated carbocycles. The zero-order valence-electron chi connectivity index (χ0n) is 13.0. The number of aromatic amines is 1. The third-order valence-electron chi connectivity index (χ3n) is 4.36.